The number of benzene rings is 1. The molecule has 0 aliphatic rings. The molecular formula is C16H21BrClN3. The molecule has 1 unspecified atom stereocenters. The van der Waals surface area contributed by atoms with Gasteiger partial charge in [-0.15, -0.1) is 0 Å². The summed E-state index contributed by atoms with van der Waals surface area (Å²) in [5.74, 6) is 0. The Labute approximate surface area is 139 Å². The zero-order valence-electron chi connectivity index (χ0n) is 12.6. The van der Waals surface area contributed by atoms with Gasteiger partial charge >= 0.3 is 0 Å². The summed E-state index contributed by atoms with van der Waals surface area (Å²) in [5.41, 5.74) is 2.28. The molecule has 0 saturated carbocycles. The average molecular weight is 371 g/mol. The molecule has 0 fully saturated rings. The van der Waals surface area contributed by atoms with Gasteiger partial charge in [-0.2, -0.15) is 5.10 Å². The number of hydrogen-bond donors (Lipinski definition) is 1. The zero-order valence-corrected chi connectivity index (χ0v) is 14.9. The lowest BCUT2D eigenvalue weighted by atomic mass is 10.0. The zero-order chi connectivity index (χ0) is 15.4. The van der Waals surface area contributed by atoms with Gasteiger partial charge in [-0.3, -0.25) is 4.68 Å². The fourth-order valence-corrected chi connectivity index (χ4v) is 2.70. The molecule has 0 bridgehead atoms. The SMILES string of the molecule is CCNC(Cc1ccn(C(C)C)n1)c1ccc(Br)c(Cl)c1. The summed E-state index contributed by atoms with van der Waals surface area (Å²) in [6.07, 6.45) is 2.89. The van der Waals surface area contributed by atoms with Crippen molar-refractivity contribution in [2.75, 3.05) is 6.54 Å². The van der Waals surface area contributed by atoms with Crippen LogP contribution in [0.15, 0.2) is 34.9 Å². The Morgan fingerprint density at radius 1 is 1.33 bits per heavy atom. The number of nitrogens with zero attached hydrogens (tertiary/aromatic N) is 2. The number of likely N-dealkylation sites (N-methyl/N-ethyl adjacent to an activating group) is 1. The smallest absolute Gasteiger partial charge is 0.0643 e. The van der Waals surface area contributed by atoms with Crippen LogP contribution in [0.25, 0.3) is 0 Å². The third-order valence-corrected chi connectivity index (χ3v) is 4.63. The van der Waals surface area contributed by atoms with Crippen molar-refractivity contribution in [2.45, 2.75) is 39.3 Å². The van der Waals surface area contributed by atoms with Gasteiger partial charge in [-0.25, -0.2) is 0 Å². The molecule has 1 atom stereocenters. The molecule has 0 spiro atoms. The number of rotatable bonds is 6. The van der Waals surface area contributed by atoms with E-state index in [0.29, 0.717) is 6.04 Å². The second kappa shape index (κ2) is 7.43. The van der Waals surface area contributed by atoms with E-state index in [0.717, 1.165) is 28.2 Å². The Morgan fingerprint density at radius 3 is 2.67 bits per heavy atom. The molecule has 2 aromatic rings. The summed E-state index contributed by atoms with van der Waals surface area (Å²) in [5, 5.41) is 8.88. The van der Waals surface area contributed by atoms with Crippen LogP contribution >= 0.6 is 27.5 Å². The number of nitrogens with one attached hydrogen (secondary N) is 1. The summed E-state index contributed by atoms with van der Waals surface area (Å²) in [7, 11) is 0. The minimum atomic E-state index is 0.219. The van der Waals surface area contributed by atoms with Gasteiger partial charge in [0.1, 0.15) is 0 Å². The summed E-state index contributed by atoms with van der Waals surface area (Å²) in [4.78, 5) is 0. The van der Waals surface area contributed by atoms with Crippen LogP contribution in [0.3, 0.4) is 0 Å². The van der Waals surface area contributed by atoms with Crippen LogP contribution in [-0.4, -0.2) is 16.3 Å². The predicted octanol–water partition coefficient (Wildman–Crippen LogP) is 4.77. The molecule has 0 radical (unpaired) electrons. The highest BCUT2D eigenvalue weighted by atomic mass is 79.9. The van der Waals surface area contributed by atoms with Crippen LogP contribution in [0, 0.1) is 0 Å². The maximum Gasteiger partial charge on any atom is 0.0643 e. The maximum absolute atomic E-state index is 6.21. The van der Waals surface area contributed by atoms with Gasteiger partial charge in [0, 0.05) is 29.2 Å². The standard InChI is InChI=1S/C16H21BrClN3/c1-4-19-16(12-5-6-14(17)15(18)9-12)10-13-7-8-21(20-13)11(2)3/h5-9,11,16,19H,4,10H2,1-3H3. The number of aromatic nitrogens is 2. The van der Waals surface area contributed by atoms with Crippen LogP contribution in [0.4, 0.5) is 0 Å². The maximum atomic E-state index is 6.21. The molecule has 2 rings (SSSR count). The lowest BCUT2D eigenvalue weighted by Crippen LogP contribution is -2.23. The Hall–Kier alpha value is -0.840. The first kappa shape index (κ1) is 16.5. The summed E-state index contributed by atoms with van der Waals surface area (Å²) >= 11 is 9.65. The first-order chi connectivity index (χ1) is 10.0. The van der Waals surface area contributed by atoms with Crippen molar-refractivity contribution in [2.24, 2.45) is 0 Å². The highest BCUT2D eigenvalue weighted by Gasteiger charge is 2.14. The van der Waals surface area contributed by atoms with E-state index in [1.165, 1.54) is 5.56 Å². The third-order valence-electron chi connectivity index (χ3n) is 3.40. The molecule has 1 aromatic heterocycles. The normalized spacial score (nSPS) is 12.9. The Kier molecular flexibility index (Phi) is 5.85. The van der Waals surface area contributed by atoms with Crippen LogP contribution < -0.4 is 5.32 Å². The van der Waals surface area contributed by atoms with Gasteiger partial charge in [-0.05, 0) is 60.1 Å². The van der Waals surface area contributed by atoms with Gasteiger partial charge in [-0.1, -0.05) is 24.6 Å². The predicted molar refractivity (Wildman–Crippen MR) is 91.9 cm³/mol. The summed E-state index contributed by atoms with van der Waals surface area (Å²) < 4.78 is 2.92. The molecular weight excluding hydrogens is 350 g/mol. The minimum absolute atomic E-state index is 0.219. The second-order valence-corrected chi connectivity index (χ2v) is 6.63. The summed E-state index contributed by atoms with van der Waals surface area (Å²) in [6.45, 7) is 7.28. The molecule has 1 heterocycles. The lowest BCUT2D eigenvalue weighted by molar-refractivity contribution is 0.506. The van der Waals surface area contributed by atoms with Crippen LogP contribution in [0.1, 0.15) is 44.1 Å². The van der Waals surface area contributed by atoms with Crippen molar-refractivity contribution >= 4 is 27.5 Å². The van der Waals surface area contributed by atoms with Gasteiger partial charge in [0.2, 0.25) is 0 Å². The van der Waals surface area contributed by atoms with E-state index >= 15 is 0 Å². The van der Waals surface area contributed by atoms with Crippen molar-refractivity contribution in [1.29, 1.82) is 0 Å². The Balaban J connectivity index is 2.19. The molecule has 114 valence electrons. The quantitative estimate of drug-likeness (QED) is 0.793. The van der Waals surface area contributed by atoms with Crippen LogP contribution in [0.5, 0.6) is 0 Å². The monoisotopic (exact) mass is 369 g/mol. The highest BCUT2D eigenvalue weighted by molar-refractivity contribution is 9.10. The highest BCUT2D eigenvalue weighted by Crippen LogP contribution is 2.27. The molecule has 0 aliphatic carbocycles. The van der Waals surface area contributed by atoms with Gasteiger partial charge in [0.05, 0.1) is 10.7 Å². The summed E-state index contributed by atoms with van der Waals surface area (Å²) in [6, 6.07) is 8.80. The Bertz CT molecular complexity index is 595. The van der Waals surface area contributed by atoms with E-state index in [-0.39, 0.29) is 6.04 Å². The molecule has 3 nitrogen and oxygen atoms in total. The average Bonchev–Trinajstić information content (AvgIpc) is 2.90. The van der Waals surface area contributed by atoms with Crippen molar-refractivity contribution in [3.8, 4) is 0 Å². The van der Waals surface area contributed by atoms with E-state index in [1.807, 2.05) is 23.0 Å². The fraction of sp³-hybridized carbons (Fsp3) is 0.438. The largest absolute Gasteiger partial charge is 0.310 e. The minimum Gasteiger partial charge on any atom is -0.310 e. The fourth-order valence-electron chi connectivity index (χ4n) is 2.27. The van der Waals surface area contributed by atoms with Gasteiger partial charge in [0.25, 0.3) is 0 Å². The van der Waals surface area contributed by atoms with E-state index in [1.54, 1.807) is 0 Å². The lowest BCUT2D eigenvalue weighted by Gasteiger charge is -2.18. The Morgan fingerprint density at radius 2 is 2.10 bits per heavy atom. The van der Waals surface area contributed by atoms with E-state index in [2.05, 4.69) is 59.2 Å². The first-order valence-corrected chi connectivity index (χ1v) is 8.40. The first-order valence-electron chi connectivity index (χ1n) is 7.23. The molecule has 5 heteroatoms. The molecule has 1 aromatic carbocycles. The van der Waals surface area contributed by atoms with Crippen molar-refractivity contribution in [3.63, 3.8) is 0 Å². The topological polar surface area (TPSA) is 29.9 Å². The van der Waals surface area contributed by atoms with Crippen LogP contribution in [0.2, 0.25) is 5.02 Å². The second-order valence-electron chi connectivity index (χ2n) is 5.37. The van der Waals surface area contributed by atoms with E-state index in [9.17, 15) is 0 Å². The molecule has 1 N–H and O–H groups in total. The van der Waals surface area contributed by atoms with Gasteiger partial charge in [0.15, 0.2) is 0 Å². The van der Waals surface area contributed by atoms with Crippen molar-refractivity contribution < 1.29 is 0 Å². The van der Waals surface area contributed by atoms with Gasteiger partial charge < -0.3 is 5.32 Å². The van der Waals surface area contributed by atoms with Crippen LogP contribution in [-0.2, 0) is 6.42 Å². The molecule has 0 saturated heterocycles. The van der Waals surface area contributed by atoms with E-state index in [4.69, 9.17) is 11.6 Å². The molecule has 0 amide bonds. The third kappa shape index (κ3) is 4.31. The number of halogens is 2. The van der Waals surface area contributed by atoms with Crippen molar-refractivity contribution in [3.05, 3.63) is 51.2 Å². The molecule has 21 heavy (non-hydrogen) atoms. The number of hydrogen-bond acceptors (Lipinski definition) is 2. The van der Waals surface area contributed by atoms with E-state index < -0.39 is 0 Å². The van der Waals surface area contributed by atoms with Crippen molar-refractivity contribution in [1.82, 2.24) is 15.1 Å². The molecule has 0 aliphatic heterocycles.